The van der Waals surface area contributed by atoms with Crippen LogP contribution in [-0.4, -0.2) is 17.6 Å². The predicted molar refractivity (Wildman–Crippen MR) is 30.0 cm³/mol. The molecule has 0 fully saturated rings. The minimum absolute atomic E-state index is 0.130. The average Bonchev–Trinajstić information content (AvgIpc) is 1.67. The maximum atomic E-state index is 10.1. The highest BCUT2D eigenvalue weighted by molar-refractivity contribution is 5.91. The van der Waals surface area contributed by atoms with E-state index >= 15 is 0 Å². The summed E-state index contributed by atoms with van der Waals surface area (Å²) in [5, 5.41) is 8.20. The van der Waals surface area contributed by atoms with Crippen molar-refractivity contribution < 1.29 is 9.90 Å². The normalized spacial score (nSPS) is 11.5. The van der Waals surface area contributed by atoms with E-state index in [1.807, 2.05) is 0 Å². The van der Waals surface area contributed by atoms with Gasteiger partial charge in [0.05, 0.1) is 6.61 Å². The SMILES string of the molecule is C/C(=C\CO)C(N)=O. The molecular weight excluding hydrogens is 106 g/mol. The molecule has 3 nitrogen and oxygen atoms in total. The molecule has 0 aromatic heterocycles. The van der Waals surface area contributed by atoms with Gasteiger partial charge in [-0.2, -0.15) is 0 Å². The molecule has 0 aliphatic heterocycles. The molecule has 3 heteroatoms. The third-order valence-electron chi connectivity index (χ3n) is 0.786. The summed E-state index contributed by atoms with van der Waals surface area (Å²) in [6, 6.07) is 0. The van der Waals surface area contributed by atoms with Crippen molar-refractivity contribution in [2.24, 2.45) is 5.73 Å². The molecule has 3 N–H and O–H groups in total. The van der Waals surface area contributed by atoms with Gasteiger partial charge >= 0.3 is 0 Å². The molecule has 0 unspecified atom stereocenters. The van der Waals surface area contributed by atoms with Gasteiger partial charge in [-0.1, -0.05) is 6.08 Å². The number of carbonyl (C=O) groups is 1. The number of rotatable bonds is 2. The van der Waals surface area contributed by atoms with Crippen molar-refractivity contribution in [1.82, 2.24) is 0 Å². The summed E-state index contributed by atoms with van der Waals surface area (Å²) in [6.45, 7) is 1.42. The topological polar surface area (TPSA) is 63.3 Å². The molecule has 0 heterocycles. The van der Waals surface area contributed by atoms with E-state index in [0.29, 0.717) is 5.57 Å². The Labute approximate surface area is 47.8 Å². The van der Waals surface area contributed by atoms with E-state index in [1.165, 1.54) is 6.08 Å². The predicted octanol–water partition coefficient (Wildman–Crippen LogP) is -0.590. The molecule has 0 atom stereocenters. The Hall–Kier alpha value is -0.830. The molecule has 1 amide bonds. The number of nitrogens with two attached hydrogens (primary N) is 1. The second-order valence-corrected chi connectivity index (χ2v) is 1.43. The first-order valence-corrected chi connectivity index (χ1v) is 2.26. The highest BCUT2D eigenvalue weighted by Crippen LogP contribution is 1.86. The maximum absolute atomic E-state index is 10.1. The van der Waals surface area contributed by atoms with E-state index in [4.69, 9.17) is 10.8 Å². The first kappa shape index (κ1) is 7.17. The quantitative estimate of drug-likeness (QED) is 0.472. The van der Waals surface area contributed by atoms with Crippen molar-refractivity contribution in [3.05, 3.63) is 11.6 Å². The van der Waals surface area contributed by atoms with Gasteiger partial charge in [-0.3, -0.25) is 4.79 Å². The van der Waals surface area contributed by atoms with Crippen LogP contribution in [0.1, 0.15) is 6.92 Å². The minimum Gasteiger partial charge on any atom is -0.392 e. The highest BCUT2D eigenvalue weighted by atomic mass is 16.2. The lowest BCUT2D eigenvalue weighted by atomic mass is 10.3. The summed E-state index contributed by atoms with van der Waals surface area (Å²) in [6.07, 6.45) is 1.36. The van der Waals surface area contributed by atoms with Crippen LogP contribution < -0.4 is 5.73 Å². The zero-order valence-corrected chi connectivity index (χ0v) is 4.72. The molecule has 0 saturated carbocycles. The standard InChI is InChI=1S/C5H9NO2/c1-4(2-3-7)5(6)8/h2,7H,3H2,1H3,(H2,6,8)/b4-2+. The molecular formula is C5H9NO2. The first-order chi connectivity index (χ1) is 3.68. The Kier molecular flexibility index (Phi) is 2.88. The lowest BCUT2D eigenvalue weighted by Gasteiger charge is -1.88. The van der Waals surface area contributed by atoms with Crippen LogP contribution in [0.2, 0.25) is 0 Å². The van der Waals surface area contributed by atoms with Crippen molar-refractivity contribution in [3.63, 3.8) is 0 Å². The minimum atomic E-state index is -0.487. The van der Waals surface area contributed by atoms with Crippen molar-refractivity contribution in [3.8, 4) is 0 Å². The van der Waals surface area contributed by atoms with Crippen LogP contribution >= 0.6 is 0 Å². The van der Waals surface area contributed by atoms with Gasteiger partial charge in [0.2, 0.25) is 5.91 Å². The number of primary amides is 1. The number of amides is 1. The van der Waals surface area contributed by atoms with Gasteiger partial charge in [0, 0.05) is 5.57 Å². The second-order valence-electron chi connectivity index (χ2n) is 1.43. The van der Waals surface area contributed by atoms with Gasteiger partial charge in [0.1, 0.15) is 0 Å². The zero-order valence-electron chi connectivity index (χ0n) is 4.72. The van der Waals surface area contributed by atoms with E-state index in [2.05, 4.69) is 0 Å². The number of carbonyl (C=O) groups excluding carboxylic acids is 1. The second kappa shape index (κ2) is 3.21. The van der Waals surface area contributed by atoms with Gasteiger partial charge in [-0.15, -0.1) is 0 Å². The molecule has 0 bridgehead atoms. The molecule has 0 aliphatic carbocycles. The van der Waals surface area contributed by atoms with E-state index in [0.717, 1.165) is 0 Å². The molecule has 0 rings (SSSR count). The monoisotopic (exact) mass is 115 g/mol. The summed E-state index contributed by atoms with van der Waals surface area (Å²) in [4.78, 5) is 10.1. The third-order valence-corrected chi connectivity index (χ3v) is 0.786. The summed E-state index contributed by atoms with van der Waals surface area (Å²) < 4.78 is 0. The van der Waals surface area contributed by atoms with Crippen LogP contribution in [0.15, 0.2) is 11.6 Å². The smallest absolute Gasteiger partial charge is 0.244 e. The molecule has 0 spiro atoms. The van der Waals surface area contributed by atoms with Crippen LogP contribution in [0, 0.1) is 0 Å². The molecule has 0 aromatic rings. The van der Waals surface area contributed by atoms with Gasteiger partial charge in [0.15, 0.2) is 0 Å². The molecule has 0 radical (unpaired) electrons. The fourth-order valence-electron chi connectivity index (χ4n) is 0.238. The van der Waals surface area contributed by atoms with Gasteiger partial charge in [0.25, 0.3) is 0 Å². The number of hydrogen-bond acceptors (Lipinski definition) is 2. The van der Waals surface area contributed by atoms with Gasteiger partial charge in [-0.05, 0) is 6.92 Å². The fourth-order valence-corrected chi connectivity index (χ4v) is 0.238. The Balaban J connectivity index is 3.80. The van der Waals surface area contributed by atoms with Crippen LogP contribution in [-0.2, 0) is 4.79 Å². The summed E-state index contributed by atoms with van der Waals surface area (Å²) in [5.74, 6) is -0.487. The van der Waals surface area contributed by atoms with Gasteiger partial charge < -0.3 is 10.8 Å². The molecule has 0 saturated heterocycles. The Morgan fingerprint density at radius 2 is 2.38 bits per heavy atom. The van der Waals surface area contributed by atoms with E-state index in [9.17, 15) is 4.79 Å². The summed E-state index contributed by atoms with van der Waals surface area (Å²) >= 11 is 0. The van der Waals surface area contributed by atoms with Crippen LogP contribution in [0.3, 0.4) is 0 Å². The van der Waals surface area contributed by atoms with Crippen molar-refractivity contribution >= 4 is 5.91 Å². The molecule has 8 heavy (non-hydrogen) atoms. The van der Waals surface area contributed by atoms with Gasteiger partial charge in [-0.25, -0.2) is 0 Å². The van der Waals surface area contributed by atoms with Crippen molar-refractivity contribution in [1.29, 1.82) is 0 Å². The van der Waals surface area contributed by atoms with Crippen LogP contribution in [0.5, 0.6) is 0 Å². The number of hydrogen-bond donors (Lipinski definition) is 2. The van der Waals surface area contributed by atoms with E-state index < -0.39 is 5.91 Å². The Morgan fingerprint density at radius 3 is 2.50 bits per heavy atom. The molecule has 46 valence electrons. The lowest BCUT2D eigenvalue weighted by molar-refractivity contribution is -0.114. The van der Waals surface area contributed by atoms with Crippen LogP contribution in [0.4, 0.5) is 0 Å². The third kappa shape index (κ3) is 2.36. The molecule has 0 aromatic carbocycles. The zero-order chi connectivity index (χ0) is 6.57. The van der Waals surface area contributed by atoms with Crippen molar-refractivity contribution in [2.45, 2.75) is 6.92 Å². The lowest BCUT2D eigenvalue weighted by Crippen LogP contribution is -2.11. The first-order valence-electron chi connectivity index (χ1n) is 2.26. The Bertz CT molecular complexity index is 118. The van der Waals surface area contributed by atoms with Crippen molar-refractivity contribution in [2.75, 3.05) is 6.61 Å². The Morgan fingerprint density at radius 1 is 1.88 bits per heavy atom. The fraction of sp³-hybridized carbons (Fsp3) is 0.400. The highest BCUT2D eigenvalue weighted by Gasteiger charge is 1.92. The maximum Gasteiger partial charge on any atom is 0.244 e. The number of aliphatic hydroxyl groups excluding tert-OH is 1. The average molecular weight is 115 g/mol. The summed E-state index contributed by atoms with van der Waals surface area (Å²) in [5.41, 5.74) is 5.20. The van der Waals surface area contributed by atoms with E-state index in [1.54, 1.807) is 6.92 Å². The van der Waals surface area contributed by atoms with E-state index in [-0.39, 0.29) is 6.61 Å². The molecule has 0 aliphatic rings. The number of aliphatic hydroxyl groups is 1. The largest absolute Gasteiger partial charge is 0.392 e. The van der Waals surface area contributed by atoms with Crippen LogP contribution in [0.25, 0.3) is 0 Å². The summed E-state index contributed by atoms with van der Waals surface area (Å²) in [7, 11) is 0.